The molecule has 0 aliphatic carbocycles. The van der Waals surface area contributed by atoms with Gasteiger partial charge in [0.1, 0.15) is 0 Å². The summed E-state index contributed by atoms with van der Waals surface area (Å²) in [7, 11) is 0. The maximum absolute atomic E-state index is 5.85. The second-order valence-corrected chi connectivity index (χ2v) is 5.14. The molecular weight excluding hydrogens is 377 g/mol. The third-order valence-corrected chi connectivity index (χ3v) is 3.00. The second-order valence-electron chi connectivity index (χ2n) is 3.55. The fourth-order valence-corrected chi connectivity index (χ4v) is 1.83. The molecule has 0 saturated carbocycles. The molecule has 1 aromatic heterocycles. The Labute approximate surface area is 129 Å². The zero-order chi connectivity index (χ0) is 13.7. The van der Waals surface area contributed by atoms with Crippen molar-refractivity contribution in [2.45, 2.75) is 0 Å². The minimum absolute atomic E-state index is 0.134. The maximum Gasteiger partial charge on any atom is 0.233 e. The normalized spacial score (nSPS) is 10.0. The maximum atomic E-state index is 5.85. The van der Waals surface area contributed by atoms with Crippen molar-refractivity contribution in [1.29, 1.82) is 0 Å². The van der Waals surface area contributed by atoms with Crippen LogP contribution >= 0.6 is 34.2 Å². The van der Waals surface area contributed by atoms with Crippen LogP contribution in [0.4, 0.5) is 17.6 Å². The summed E-state index contributed by atoms with van der Waals surface area (Å²) >= 11 is 8.09. The van der Waals surface area contributed by atoms with E-state index in [9.17, 15) is 0 Å². The summed E-state index contributed by atoms with van der Waals surface area (Å²) < 4.78 is 1.16. The summed E-state index contributed by atoms with van der Waals surface area (Å²) in [4.78, 5) is 12.2. The lowest BCUT2D eigenvalue weighted by atomic mass is 10.3. The first-order chi connectivity index (χ1) is 9.17. The summed E-state index contributed by atoms with van der Waals surface area (Å²) in [5.74, 6) is 0.806. The lowest BCUT2D eigenvalue weighted by molar-refractivity contribution is 1.04. The van der Waals surface area contributed by atoms with Gasteiger partial charge in [0.2, 0.25) is 17.2 Å². The van der Waals surface area contributed by atoms with Gasteiger partial charge in [0.15, 0.2) is 0 Å². The van der Waals surface area contributed by atoms with E-state index in [1.165, 1.54) is 0 Å². The van der Waals surface area contributed by atoms with Crippen LogP contribution in [0.5, 0.6) is 0 Å². The molecule has 0 bridgehead atoms. The van der Waals surface area contributed by atoms with E-state index in [-0.39, 0.29) is 5.28 Å². The van der Waals surface area contributed by atoms with Crippen molar-refractivity contribution in [2.75, 3.05) is 17.2 Å². The third kappa shape index (κ3) is 4.32. The average Bonchev–Trinajstić information content (AvgIpc) is 2.38. The molecule has 0 unspecified atom stereocenters. The van der Waals surface area contributed by atoms with E-state index in [4.69, 9.17) is 11.6 Å². The molecule has 1 heterocycles. The van der Waals surface area contributed by atoms with Crippen molar-refractivity contribution in [3.05, 3.63) is 45.8 Å². The van der Waals surface area contributed by atoms with Crippen molar-refractivity contribution in [1.82, 2.24) is 15.0 Å². The summed E-state index contributed by atoms with van der Waals surface area (Å²) in [5.41, 5.74) is 0.886. The monoisotopic (exact) mass is 387 g/mol. The van der Waals surface area contributed by atoms with E-state index in [1.807, 2.05) is 24.3 Å². The minimum Gasteiger partial charge on any atom is -0.351 e. The molecule has 19 heavy (non-hydrogen) atoms. The fourth-order valence-electron chi connectivity index (χ4n) is 1.31. The number of hydrogen-bond donors (Lipinski definition) is 2. The van der Waals surface area contributed by atoms with Gasteiger partial charge in [-0.2, -0.15) is 15.0 Å². The molecule has 7 heteroatoms. The predicted octanol–water partition coefficient (Wildman–Crippen LogP) is 3.47. The van der Waals surface area contributed by atoms with E-state index in [0.29, 0.717) is 18.4 Å². The molecule has 0 spiro atoms. The second kappa shape index (κ2) is 6.67. The van der Waals surface area contributed by atoms with Gasteiger partial charge in [0.25, 0.3) is 0 Å². The topological polar surface area (TPSA) is 62.7 Å². The van der Waals surface area contributed by atoms with Crippen molar-refractivity contribution in [2.24, 2.45) is 0 Å². The highest BCUT2D eigenvalue weighted by Gasteiger charge is 2.04. The zero-order valence-electron chi connectivity index (χ0n) is 9.90. The Balaban J connectivity index is 2.17. The number of rotatable bonds is 5. The van der Waals surface area contributed by atoms with Gasteiger partial charge >= 0.3 is 0 Å². The van der Waals surface area contributed by atoms with Crippen LogP contribution in [-0.2, 0) is 0 Å². The van der Waals surface area contributed by atoms with Gasteiger partial charge in [-0.25, -0.2) is 0 Å². The van der Waals surface area contributed by atoms with E-state index in [1.54, 1.807) is 6.08 Å². The molecule has 98 valence electrons. The Morgan fingerprint density at radius 3 is 2.53 bits per heavy atom. The zero-order valence-corrected chi connectivity index (χ0v) is 12.8. The number of hydrogen-bond acceptors (Lipinski definition) is 5. The van der Waals surface area contributed by atoms with Gasteiger partial charge in [-0.15, -0.1) is 6.58 Å². The Kier molecular flexibility index (Phi) is 4.92. The highest BCUT2D eigenvalue weighted by Crippen LogP contribution is 2.17. The molecule has 2 aromatic rings. The van der Waals surface area contributed by atoms with Crippen molar-refractivity contribution < 1.29 is 0 Å². The van der Waals surface area contributed by atoms with Crippen molar-refractivity contribution in [3.8, 4) is 0 Å². The molecule has 1 aromatic carbocycles. The van der Waals surface area contributed by atoms with Gasteiger partial charge in [-0.3, -0.25) is 0 Å². The molecule has 0 atom stereocenters. The van der Waals surface area contributed by atoms with Gasteiger partial charge in [0, 0.05) is 15.8 Å². The lowest BCUT2D eigenvalue weighted by Gasteiger charge is -2.07. The van der Waals surface area contributed by atoms with Crippen LogP contribution in [-0.4, -0.2) is 21.5 Å². The number of benzene rings is 1. The molecule has 0 saturated heterocycles. The Bertz CT molecular complexity index is 573. The Morgan fingerprint density at radius 2 is 1.84 bits per heavy atom. The van der Waals surface area contributed by atoms with Crippen LogP contribution in [0, 0.1) is 3.57 Å². The number of nitrogens with one attached hydrogen (secondary N) is 2. The standard InChI is InChI=1S/C12H11ClIN5/c1-2-7-15-11-17-10(13)18-12(19-11)16-9-5-3-8(14)4-6-9/h2-6H,1,7H2,(H2,15,16,17,18,19). The number of anilines is 3. The number of aromatic nitrogens is 3. The summed E-state index contributed by atoms with van der Waals surface area (Å²) in [5, 5.41) is 6.17. The van der Waals surface area contributed by atoms with Gasteiger partial charge in [-0.05, 0) is 58.5 Å². The van der Waals surface area contributed by atoms with Gasteiger partial charge < -0.3 is 10.6 Å². The SMILES string of the molecule is C=CCNc1nc(Cl)nc(Nc2ccc(I)cc2)n1. The van der Waals surface area contributed by atoms with Crippen LogP contribution in [0.2, 0.25) is 5.28 Å². The summed E-state index contributed by atoms with van der Waals surface area (Å²) in [6.45, 7) is 4.17. The largest absolute Gasteiger partial charge is 0.351 e. The average molecular weight is 388 g/mol. The van der Waals surface area contributed by atoms with E-state index < -0.39 is 0 Å². The third-order valence-electron chi connectivity index (χ3n) is 2.11. The smallest absolute Gasteiger partial charge is 0.233 e. The van der Waals surface area contributed by atoms with Crippen LogP contribution in [0.15, 0.2) is 36.9 Å². The van der Waals surface area contributed by atoms with Crippen LogP contribution in [0.25, 0.3) is 0 Å². The molecule has 2 rings (SSSR count). The quantitative estimate of drug-likeness (QED) is 0.607. The predicted molar refractivity (Wildman–Crippen MR) is 86.0 cm³/mol. The molecular formula is C12H11ClIN5. The molecule has 2 N–H and O–H groups in total. The Morgan fingerprint density at radius 1 is 1.16 bits per heavy atom. The van der Waals surface area contributed by atoms with E-state index >= 15 is 0 Å². The number of halogens is 2. The van der Waals surface area contributed by atoms with Crippen LogP contribution in [0.3, 0.4) is 0 Å². The molecule has 0 amide bonds. The molecule has 0 aliphatic heterocycles. The fraction of sp³-hybridized carbons (Fsp3) is 0.0833. The van der Waals surface area contributed by atoms with Crippen molar-refractivity contribution >= 4 is 51.8 Å². The first-order valence-corrected chi connectivity index (χ1v) is 6.92. The van der Waals surface area contributed by atoms with Crippen LogP contribution in [0.1, 0.15) is 0 Å². The number of nitrogens with zero attached hydrogens (tertiary/aromatic N) is 3. The molecule has 0 fully saturated rings. The molecule has 0 radical (unpaired) electrons. The first kappa shape index (κ1) is 14.0. The molecule has 5 nitrogen and oxygen atoms in total. The van der Waals surface area contributed by atoms with E-state index in [0.717, 1.165) is 9.26 Å². The summed E-state index contributed by atoms with van der Waals surface area (Å²) in [6.07, 6.45) is 1.71. The Hall–Kier alpha value is -1.41. The van der Waals surface area contributed by atoms with Gasteiger partial charge in [-0.1, -0.05) is 6.08 Å². The highest BCUT2D eigenvalue weighted by molar-refractivity contribution is 14.1. The minimum atomic E-state index is 0.134. The highest BCUT2D eigenvalue weighted by atomic mass is 127. The van der Waals surface area contributed by atoms with E-state index in [2.05, 4.69) is 54.8 Å². The first-order valence-electron chi connectivity index (χ1n) is 5.46. The lowest BCUT2D eigenvalue weighted by Crippen LogP contribution is -2.07. The molecule has 0 aliphatic rings. The van der Waals surface area contributed by atoms with Crippen LogP contribution < -0.4 is 10.6 Å². The van der Waals surface area contributed by atoms with Gasteiger partial charge in [0.05, 0.1) is 0 Å². The van der Waals surface area contributed by atoms with Crippen molar-refractivity contribution in [3.63, 3.8) is 0 Å². The summed E-state index contributed by atoms with van der Waals surface area (Å²) in [6, 6.07) is 7.86.